The minimum atomic E-state index is -0.428. The van der Waals surface area contributed by atoms with Gasteiger partial charge in [0, 0.05) is 12.6 Å². The van der Waals surface area contributed by atoms with E-state index in [0.29, 0.717) is 18.5 Å². The van der Waals surface area contributed by atoms with Gasteiger partial charge in [0.15, 0.2) is 0 Å². The molecule has 1 amide bonds. The Balaban J connectivity index is 2.37. The number of rotatable bonds is 7. The highest BCUT2D eigenvalue weighted by atomic mass is 16.6. The first-order chi connectivity index (χ1) is 9.42. The van der Waals surface area contributed by atoms with Crippen molar-refractivity contribution in [1.82, 2.24) is 10.6 Å². The predicted octanol–water partition coefficient (Wildman–Crippen LogP) is 3.46. The molecule has 0 heterocycles. The van der Waals surface area contributed by atoms with Gasteiger partial charge in [-0.3, -0.25) is 0 Å². The van der Waals surface area contributed by atoms with Gasteiger partial charge in [0.25, 0.3) is 0 Å². The Morgan fingerprint density at radius 2 is 1.95 bits per heavy atom. The highest BCUT2D eigenvalue weighted by Crippen LogP contribution is 2.27. The SMILES string of the molecule is CCCCNC(CNC(=O)OC(C)(C)C)C1CCCC1. The highest BCUT2D eigenvalue weighted by molar-refractivity contribution is 5.67. The lowest BCUT2D eigenvalue weighted by atomic mass is 9.98. The van der Waals surface area contributed by atoms with Crippen LogP contribution in [0.5, 0.6) is 0 Å². The van der Waals surface area contributed by atoms with Crippen LogP contribution in [0.3, 0.4) is 0 Å². The summed E-state index contributed by atoms with van der Waals surface area (Å²) in [5.74, 6) is 0.696. The molecule has 0 aromatic heterocycles. The van der Waals surface area contributed by atoms with E-state index >= 15 is 0 Å². The Morgan fingerprint density at radius 1 is 1.30 bits per heavy atom. The number of carbonyl (C=O) groups is 1. The van der Waals surface area contributed by atoms with Gasteiger partial charge < -0.3 is 15.4 Å². The van der Waals surface area contributed by atoms with Crippen LogP contribution in [0.2, 0.25) is 0 Å². The number of hydrogen-bond acceptors (Lipinski definition) is 3. The van der Waals surface area contributed by atoms with Crippen molar-refractivity contribution in [2.45, 2.75) is 77.9 Å². The van der Waals surface area contributed by atoms with Gasteiger partial charge in [-0.2, -0.15) is 0 Å². The lowest BCUT2D eigenvalue weighted by Crippen LogP contribution is -2.46. The summed E-state index contributed by atoms with van der Waals surface area (Å²) in [6, 6.07) is 0.386. The summed E-state index contributed by atoms with van der Waals surface area (Å²) in [6.07, 6.45) is 7.28. The van der Waals surface area contributed by atoms with Crippen LogP contribution in [0.25, 0.3) is 0 Å². The van der Waals surface area contributed by atoms with Crippen LogP contribution < -0.4 is 10.6 Å². The third-order valence-corrected chi connectivity index (χ3v) is 3.77. The summed E-state index contributed by atoms with van der Waals surface area (Å²) in [4.78, 5) is 11.7. The maximum Gasteiger partial charge on any atom is 0.407 e. The monoisotopic (exact) mass is 284 g/mol. The second-order valence-corrected chi connectivity index (χ2v) is 6.84. The lowest BCUT2D eigenvalue weighted by Gasteiger charge is -2.26. The van der Waals surface area contributed by atoms with E-state index in [-0.39, 0.29) is 6.09 Å². The van der Waals surface area contributed by atoms with Crippen LogP contribution in [0.4, 0.5) is 4.79 Å². The molecule has 1 fully saturated rings. The molecule has 0 aromatic carbocycles. The molecule has 1 aliphatic carbocycles. The molecule has 0 radical (unpaired) electrons. The van der Waals surface area contributed by atoms with E-state index < -0.39 is 5.60 Å². The van der Waals surface area contributed by atoms with Crippen LogP contribution in [-0.2, 0) is 4.74 Å². The minimum Gasteiger partial charge on any atom is -0.444 e. The van der Waals surface area contributed by atoms with Gasteiger partial charge in [-0.15, -0.1) is 0 Å². The first-order valence-corrected chi connectivity index (χ1v) is 8.12. The lowest BCUT2D eigenvalue weighted by molar-refractivity contribution is 0.0518. The Morgan fingerprint density at radius 3 is 2.50 bits per heavy atom. The normalized spacial score (nSPS) is 18.0. The molecule has 4 nitrogen and oxygen atoms in total. The Labute approximate surface area is 124 Å². The average molecular weight is 284 g/mol. The molecular weight excluding hydrogens is 252 g/mol. The van der Waals surface area contributed by atoms with Crippen LogP contribution in [0, 0.1) is 5.92 Å². The number of nitrogens with one attached hydrogen (secondary N) is 2. The molecule has 1 unspecified atom stereocenters. The highest BCUT2D eigenvalue weighted by Gasteiger charge is 2.25. The van der Waals surface area contributed by atoms with Crippen LogP contribution in [-0.4, -0.2) is 30.8 Å². The van der Waals surface area contributed by atoms with Gasteiger partial charge in [-0.05, 0) is 52.5 Å². The fraction of sp³-hybridized carbons (Fsp3) is 0.938. The summed E-state index contributed by atoms with van der Waals surface area (Å²) in [5, 5.41) is 6.53. The van der Waals surface area contributed by atoms with Gasteiger partial charge in [0.1, 0.15) is 5.60 Å². The van der Waals surface area contributed by atoms with Gasteiger partial charge >= 0.3 is 6.09 Å². The number of ether oxygens (including phenoxy) is 1. The van der Waals surface area contributed by atoms with Crippen molar-refractivity contribution in [3.63, 3.8) is 0 Å². The predicted molar refractivity (Wildman–Crippen MR) is 82.9 cm³/mol. The smallest absolute Gasteiger partial charge is 0.407 e. The van der Waals surface area contributed by atoms with Crippen LogP contribution in [0.1, 0.15) is 66.2 Å². The number of amides is 1. The second kappa shape index (κ2) is 8.50. The van der Waals surface area contributed by atoms with Crippen LogP contribution in [0.15, 0.2) is 0 Å². The summed E-state index contributed by atoms with van der Waals surface area (Å²) in [6.45, 7) is 9.57. The van der Waals surface area contributed by atoms with E-state index in [4.69, 9.17) is 4.74 Å². The number of carbonyl (C=O) groups excluding carboxylic acids is 1. The fourth-order valence-electron chi connectivity index (χ4n) is 2.74. The molecule has 1 aliphatic rings. The molecule has 0 aromatic rings. The Bertz CT molecular complexity index is 281. The first kappa shape index (κ1) is 17.3. The topological polar surface area (TPSA) is 50.4 Å². The third kappa shape index (κ3) is 7.13. The maximum absolute atomic E-state index is 11.7. The van der Waals surface area contributed by atoms with Crippen molar-refractivity contribution < 1.29 is 9.53 Å². The van der Waals surface area contributed by atoms with Gasteiger partial charge in [0.2, 0.25) is 0 Å². The fourth-order valence-corrected chi connectivity index (χ4v) is 2.74. The number of alkyl carbamates (subject to hydrolysis) is 1. The van der Waals surface area contributed by atoms with E-state index in [1.165, 1.54) is 38.5 Å². The van der Waals surface area contributed by atoms with Gasteiger partial charge in [-0.25, -0.2) is 4.79 Å². The molecule has 4 heteroatoms. The quantitative estimate of drug-likeness (QED) is 0.704. The zero-order valence-electron chi connectivity index (χ0n) is 13.6. The van der Waals surface area contributed by atoms with Crippen molar-refractivity contribution in [3.8, 4) is 0 Å². The largest absolute Gasteiger partial charge is 0.444 e. The number of unbranched alkanes of at least 4 members (excludes halogenated alkanes) is 1. The summed E-state index contributed by atoms with van der Waals surface area (Å²) < 4.78 is 5.30. The molecule has 0 saturated heterocycles. The van der Waals surface area contributed by atoms with Crippen LogP contribution >= 0.6 is 0 Å². The van der Waals surface area contributed by atoms with E-state index in [1.807, 2.05) is 20.8 Å². The van der Waals surface area contributed by atoms with Gasteiger partial charge in [0.05, 0.1) is 0 Å². The summed E-state index contributed by atoms with van der Waals surface area (Å²) >= 11 is 0. The van der Waals surface area contributed by atoms with E-state index in [1.54, 1.807) is 0 Å². The zero-order chi connectivity index (χ0) is 15.0. The van der Waals surface area contributed by atoms with E-state index in [9.17, 15) is 4.79 Å². The molecule has 1 atom stereocenters. The molecular formula is C16H32N2O2. The van der Waals surface area contributed by atoms with Crippen molar-refractivity contribution in [1.29, 1.82) is 0 Å². The standard InChI is InChI=1S/C16H32N2O2/c1-5-6-11-17-14(13-9-7-8-10-13)12-18-15(19)20-16(2,3)4/h13-14,17H,5-12H2,1-4H3,(H,18,19). The molecule has 20 heavy (non-hydrogen) atoms. The van der Waals surface area contributed by atoms with Gasteiger partial charge in [-0.1, -0.05) is 26.2 Å². The van der Waals surface area contributed by atoms with Crippen molar-refractivity contribution in [2.24, 2.45) is 5.92 Å². The van der Waals surface area contributed by atoms with Crippen molar-refractivity contribution in [3.05, 3.63) is 0 Å². The second-order valence-electron chi connectivity index (χ2n) is 6.84. The average Bonchev–Trinajstić information content (AvgIpc) is 2.85. The first-order valence-electron chi connectivity index (χ1n) is 8.12. The Hall–Kier alpha value is -0.770. The molecule has 2 N–H and O–H groups in total. The number of hydrogen-bond donors (Lipinski definition) is 2. The van der Waals surface area contributed by atoms with E-state index in [2.05, 4.69) is 17.6 Å². The maximum atomic E-state index is 11.7. The molecule has 0 bridgehead atoms. The molecule has 118 valence electrons. The van der Waals surface area contributed by atoms with Crippen molar-refractivity contribution in [2.75, 3.05) is 13.1 Å². The summed E-state index contributed by atoms with van der Waals surface area (Å²) in [7, 11) is 0. The molecule has 1 rings (SSSR count). The zero-order valence-corrected chi connectivity index (χ0v) is 13.6. The molecule has 0 aliphatic heterocycles. The van der Waals surface area contributed by atoms with E-state index in [0.717, 1.165) is 6.54 Å². The summed E-state index contributed by atoms with van der Waals surface area (Å²) in [5.41, 5.74) is -0.428. The minimum absolute atomic E-state index is 0.308. The Kier molecular flexibility index (Phi) is 7.35. The van der Waals surface area contributed by atoms with Crippen molar-refractivity contribution >= 4 is 6.09 Å². The molecule has 1 saturated carbocycles. The third-order valence-electron chi connectivity index (χ3n) is 3.77. The molecule has 0 spiro atoms.